The molecule has 5 heteroatoms. The van der Waals surface area contributed by atoms with E-state index >= 15 is 0 Å². The van der Waals surface area contributed by atoms with Crippen molar-refractivity contribution in [1.82, 2.24) is 10.2 Å². The van der Waals surface area contributed by atoms with E-state index in [1.807, 2.05) is 26.0 Å². The first-order valence-corrected chi connectivity index (χ1v) is 8.72. The molecule has 0 unspecified atom stereocenters. The zero-order chi connectivity index (χ0) is 18.7. The normalized spacial score (nSPS) is 11.0. The standard InChI is InChI=1S/C21H23N3O2/c1-13(2)17-8-6-16(7-9-17)12-19-23-24-21(26-19)22-20(25)18-10-5-14(3)11-15(18)4/h5-11,13H,12H2,1-4H3,(H,22,24,25). The van der Waals surface area contributed by atoms with Gasteiger partial charge < -0.3 is 4.42 Å². The average Bonchev–Trinajstić information content (AvgIpc) is 3.02. The van der Waals surface area contributed by atoms with E-state index in [4.69, 9.17) is 4.42 Å². The van der Waals surface area contributed by atoms with E-state index in [0.717, 1.165) is 16.7 Å². The molecule has 0 bridgehead atoms. The van der Waals surface area contributed by atoms with Crippen molar-refractivity contribution in [3.8, 4) is 0 Å². The number of nitrogens with zero attached hydrogens (tertiary/aromatic N) is 2. The van der Waals surface area contributed by atoms with Gasteiger partial charge in [0.05, 0.1) is 6.42 Å². The smallest absolute Gasteiger partial charge is 0.322 e. The number of carbonyl (C=O) groups excluding carboxylic acids is 1. The predicted molar refractivity (Wildman–Crippen MR) is 102 cm³/mol. The minimum absolute atomic E-state index is 0.115. The molecule has 5 nitrogen and oxygen atoms in total. The van der Waals surface area contributed by atoms with Crippen LogP contribution in [0.1, 0.15) is 58.3 Å². The van der Waals surface area contributed by atoms with Crippen LogP contribution in [0.3, 0.4) is 0 Å². The van der Waals surface area contributed by atoms with Crippen molar-refractivity contribution in [2.75, 3.05) is 5.32 Å². The number of hydrogen-bond donors (Lipinski definition) is 1. The van der Waals surface area contributed by atoms with E-state index in [1.165, 1.54) is 5.56 Å². The maximum atomic E-state index is 12.4. The Morgan fingerprint density at radius 3 is 2.46 bits per heavy atom. The molecule has 26 heavy (non-hydrogen) atoms. The second-order valence-electron chi connectivity index (χ2n) is 6.85. The molecule has 0 aliphatic carbocycles. The molecular formula is C21H23N3O2. The number of benzene rings is 2. The summed E-state index contributed by atoms with van der Waals surface area (Å²) in [6.45, 7) is 8.23. The first kappa shape index (κ1) is 17.9. The fourth-order valence-corrected chi connectivity index (χ4v) is 2.80. The fourth-order valence-electron chi connectivity index (χ4n) is 2.80. The summed E-state index contributed by atoms with van der Waals surface area (Å²) in [6.07, 6.45) is 0.533. The first-order valence-electron chi connectivity index (χ1n) is 8.72. The van der Waals surface area contributed by atoms with E-state index in [9.17, 15) is 4.79 Å². The molecule has 0 saturated heterocycles. The lowest BCUT2D eigenvalue weighted by atomic mass is 10.0. The summed E-state index contributed by atoms with van der Waals surface area (Å²) in [5.41, 5.74) is 5.00. The highest BCUT2D eigenvalue weighted by molar-refractivity contribution is 6.04. The molecule has 3 rings (SSSR count). The number of carbonyl (C=O) groups is 1. The van der Waals surface area contributed by atoms with Gasteiger partial charge in [-0.05, 0) is 42.5 Å². The Hall–Kier alpha value is -2.95. The number of aromatic nitrogens is 2. The van der Waals surface area contributed by atoms with E-state index < -0.39 is 0 Å². The van der Waals surface area contributed by atoms with Gasteiger partial charge in [-0.3, -0.25) is 10.1 Å². The molecule has 0 radical (unpaired) electrons. The third-order valence-electron chi connectivity index (χ3n) is 4.32. The number of nitrogens with one attached hydrogen (secondary N) is 1. The van der Waals surface area contributed by atoms with Gasteiger partial charge in [-0.2, -0.15) is 0 Å². The van der Waals surface area contributed by atoms with Gasteiger partial charge in [0.15, 0.2) is 0 Å². The molecule has 0 spiro atoms. The van der Waals surface area contributed by atoms with Crippen LogP contribution < -0.4 is 5.32 Å². The minimum Gasteiger partial charge on any atom is -0.407 e. The predicted octanol–water partition coefficient (Wildman–Crippen LogP) is 4.65. The zero-order valence-corrected chi connectivity index (χ0v) is 15.5. The molecule has 134 valence electrons. The molecular weight excluding hydrogens is 326 g/mol. The number of anilines is 1. The van der Waals surface area contributed by atoms with Gasteiger partial charge in [-0.15, -0.1) is 5.10 Å². The lowest BCUT2D eigenvalue weighted by Gasteiger charge is -2.06. The SMILES string of the molecule is Cc1ccc(C(=O)Nc2nnc(Cc3ccc(C(C)C)cc3)o2)c(C)c1. The van der Waals surface area contributed by atoms with E-state index in [0.29, 0.717) is 23.8 Å². The Morgan fingerprint density at radius 1 is 1.08 bits per heavy atom. The largest absolute Gasteiger partial charge is 0.407 e. The van der Waals surface area contributed by atoms with Crippen LogP contribution in [0.5, 0.6) is 0 Å². The second-order valence-corrected chi connectivity index (χ2v) is 6.85. The minimum atomic E-state index is -0.251. The summed E-state index contributed by atoms with van der Waals surface area (Å²) in [6, 6.07) is 14.1. The highest BCUT2D eigenvalue weighted by Crippen LogP contribution is 2.18. The zero-order valence-electron chi connectivity index (χ0n) is 15.5. The Morgan fingerprint density at radius 2 is 1.81 bits per heavy atom. The van der Waals surface area contributed by atoms with E-state index in [-0.39, 0.29) is 11.9 Å². The Balaban J connectivity index is 1.66. The van der Waals surface area contributed by atoms with Crippen LogP contribution in [0.15, 0.2) is 46.9 Å². The van der Waals surface area contributed by atoms with Gasteiger partial charge in [0, 0.05) is 5.56 Å². The van der Waals surface area contributed by atoms with Crippen molar-refractivity contribution in [2.45, 2.75) is 40.0 Å². The molecule has 0 saturated carbocycles. The fraction of sp³-hybridized carbons (Fsp3) is 0.286. The number of hydrogen-bond acceptors (Lipinski definition) is 4. The molecule has 0 atom stereocenters. The van der Waals surface area contributed by atoms with Gasteiger partial charge >= 0.3 is 6.01 Å². The summed E-state index contributed by atoms with van der Waals surface area (Å²) in [5.74, 6) is 0.719. The Labute approximate surface area is 153 Å². The van der Waals surface area contributed by atoms with Crippen LogP contribution in [0, 0.1) is 13.8 Å². The van der Waals surface area contributed by atoms with E-state index in [1.54, 1.807) is 6.07 Å². The van der Waals surface area contributed by atoms with Gasteiger partial charge in [-0.1, -0.05) is 60.9 Å². The molecule has 0 aliphatic heterocycles. The number of aryl methyl sites for hydroxylation is 2. The van der Waals surface area contributed by atoms with E-state index in [2.05, 4.69) is 53.6 Å². The summed E-state index contributed by atoms with van der Waals surface area (Å²) < 4.78 is 5.57. The van der Waals surface area contributed by atoms with Gasteiger partial charge in [0.25, 0.3) is 5.91 Å². The summed E-state index contributed by atoms with van der Waals surface area (Å²) in [5, 5.41) is 10.6. The molecule has 0 aliphatic rings. The highest BCUT2D eigenvalue weighted by atomic mass is 16.4. The third-order valence-corrected chi connectivity index (χ3v) is 4.32. The maximum absolute atomic E-state index is 12.4. The molecule has 2 aromatic carbocycles. The van der Waals surface area contributed by atoms with Crippen LogP contribution in [-0.2, 0) is 6.42 Å². The molecule has 1 N–H and O–H groups in total. The van der Waals surface area contributed by atoms with Gasteiger partial charge in [-0.25, -0.2) is 0 Å². The van der Waals surface area contributed by atoms with Crippen LogP contribution in [-0.4, -0.2) is 16.1 Å². The summed E-state index contributed by atoms with van der Waals surface area (Å²) in [7, 11) is 0. The molecule has 0 fully saturated rings. The van der Waals surface area contributed by atoms with Gasteiger partial charge in [0.1, 0.15) is 0 Å². The first-order chi connectivity index (χ1) is 12.4. The number of amides is 1. The molecule has 1 heterocycles. The van der Waals surface area contributed by atoms with Gasteiger partial charge in [0.2, 0.25) is 5.89 Å². The van der Waals surface area contributed by atoms with Crippen LogP contribution in [0.4, 0.5) is 6.01 Å². The average molecular weight is 349 g/mol. The Kier molecular flexibility index (Phi) is 5.16. The van der Waals surface area contributed by atoms with Crippen molar-refractivity contribution < 1.29 is 9.21 Å². The maximum Gasteiger partial charge on any atom is 0.322 e. The summed E-state index contributed by atoms with van der Waals surface area (Å²) >= 11 is 0. The van der Waals surface area contributed by atoms with Crippen molar-refractivity contribution in [2.24, 2.45) is 0 Å². The molecule has 1 amide bonds. The Bertz CT molecular complexity index is 911. The topological polar surface area (TPSA) is 68.0 Å². The lowest BCUT2D eigenvalue weighted by Crippen LogP contribution is -2.13. The van der Waals surface area contributed by atoms with Crippen molar-refractivity contribution in [3.05, 3.63) is 76.2 Å². The van der Waals surface area contributed by atoms with Crippen LogP contribution >= 0.6 is 0 Å². The third kappa shape index (κ3) is 4.17. The monoisotopic (exact) mass is 349 g/mol. The lowest BCUT2D eigenvalue weighted by molar-refractivity contribution is 0.102. The second kappa shape index (κ2) is 7.52. The van der Waals surface area contributed by atoms with Crippen molar-refractivity contribution >= 4 is 11.9 Å². The number of rotatable bonds is 5. The molecule has 1 aromatic heterocycles. The molecule has 3 aromatic rings. The van der Waals surface area contributed by atoms with Crippen molar-refractivity contribution in [1.29, 1.82) is 0 Å². The highest BCUT2D eigenvalue weighted by Gasteiger charge is 2.14. The van der Waals surface area contributed by atoms with Crippen LogP contribution in [0.25, 0.3) is 0 Å². The summed E-state index contributed by atoms with van der Waals surface area (Å²) in [4.78, 5) is 12.4. The van der Waals surface area contributed by atoms with Crippen LogP contribution in [0.2, 0.25) is 0 Å². The van der Waals surface area contributed by atoms with Crippen molar-refractivity contribution in [3.63, 3.8) is 0 Å². The quantitative estimate of drug-likeness (QED) is 0.728.